The number of hydrogen-bond acceptors (Lipinski definition) is 3. The van der Waals surface area contributed by atoms with Gasteiger partial charge in [-0.05, 0) is 48.7 Å². The number of H-pyrrole nitrogens is 1. The second kappa shape index (κ2) is 9.06. The Hall–Kier alpha value is -2.79. The first-order valence-electron chi connectivity index (χ1n) is 8.91. The van der Waals surface area contributed by atoms with E-state index in [-0.39, 0.29) is 5.91 Å². The topological polar surface area (TPSA) is 66.2 Å². The van der Waals surface area contributed by atoms with Crippen LogP contribution in [0.25, 0.3) is 10.9 Å². The fourth-order valence-electron chi connectivity index (χ4n) is 2.96. The van der Waals surface area contributed by atoms with Crippen molar-refractivity contribution in [3.63, 3.8) is 0 Å². The normalized spacial score (nSPS) is 10.8. The lowest BCUT2D eigenvalue weighted by molar-refractivity contribution is -0.120. The molecule has 0 unspecified atom stereocenters. The minimum absolute atomic E-state index is 0.0254. The monoisotopic (exact) mass is 351 g/mol. The van der Waals surface area contributed by atoms with Gasteiger partial charge in [0.2, 0.25) is 5.91 Å². The Morgan fingerprint density at radius 1 is 1.04 bits per heavy atom. The number of aromatic nitrogens is 1. The van der Waals surface area contributed by atoms with Crippen molar-refractivity contribution in [2.24, 2.45) is 0 Å². The SMILES string of the molecule is COc1ccc(CCNC(=O)CNCCc2c[nH]c3ccccc23)cc1. The zero-order valence-corrected chi connectivity index (χ0v) is 15.0. The summed E-state index contributed by atoms with van der Waals surface area (Å²) in [5.41, 5.74) is 3.60. The highest BCUT2D eigenvalue weighted by Gasteiger charge is 2.04. The molecule has 0 saturated carbocycles. The minimum atomic E-state index is 0.0254. The number of carbonyl (C=O) groups is 1. The molecule has 0 fully saturated rings. The van der Waals surface area contributed by atoms with E-state index in [0.717, 1.165) is 30.7 Å². The van der Waals surface area contributed by atoms with Crippen LogP contribution in [-0.2, 0) is 17.6 Å². The van der Waals surface area contributed by atoms with Crippen molar-refractivity contribution in [1.82, 2.24) is 15.6 Å². The van der Waals surface area contributed by atoms with Gasteiger partial charge in [0, 0.05) is 23.6 Å². The van der Waals surface area contributed by atoms with Gasteiger partial charge in [0.25, 0.3) is 0 Å². The number of methoxy groups -OCH3 is 1. The van der Waals surface area contributed by atoms with Crippen molar-refractivity contribution in [3.8, 4) is 5.75 Å². The number of rotatable bonds is 9. The molecule has 2 aromatic carbocycles. The van der Waals surface area contributed by atoms with Gasteiger partial charge >= 0.3 is 0 Å². The van der Waals surface area contributed by atoms with Crippen molar-refractivity contribution in [3.05, 3.63) is 65.9 Å². The van der Waals surface area contributed by atoms with E-state index in [1.165, 1.54) is 16.5 Å². The Morgan fingerprint density at radius 2 is 1.85 bits per heavy atom. The summed E-state index contributed by atoms with van der Waals surface area (Å²) >= 11 is 0. The van der Waals surface area contributed by atoms with Crippen LogP contribution in [-0.4, -0.2) is 37.6 Å². The quantitative estimate of drug-likeness (QED) is 0.519. The van der Waals surface area contributed by atoms with E-state index >= 15 is 0 Å². The molecule has 0 aliphatic rings. The van der Waals surface area contributed by atoms with Gasteiger partial charge in [-0.25, -0.2) is 0 Å². The lowest BCUT2D eigenvalue weighted by atomic mass is 10.1. The first kappa shape index (κ1) is 18.0. The molecule has 3 rings (SSSR count). The zero-order chi connectivity index (χ0) is 18.2. The van der Waals surface area contributed by atoms with Gasteiger partial charge in [0.15, 0.2) is 0 Å². The van der Waals surface area contributed by atoms with Crippen LogP contribution in [0.5, 0.6) is 5.75 Å². The van der Waals surface area contributed by atoms with E-state index < -0.39 is 0 Å². The molecule has 0 atom stereocenters. The summed E-state index contributed by atoms with van der Waals surface area (Å²) in [6.45, 7) is 1.74. The predicted molar refractivity (Wildman–Crippen MR) is 105 cm³/mol. The molecule has 136 valence electrons. The molecule has 1 amide bonds. The molecule has 3 N–H and O–H groups in total. The highest BCUT2D eigenvalue weighted by atomic mass is 16.5. The lowest BCUT2D eigenvalue weighted by Crippen LogP contribution is -2.35. The van der Waals surface area contributed by atoms with E-state index in [1.54, 1.807) is 7.11 Å². The van der Waals surface area contributed by atoms with Gasteiger partial charge < -0.3 is 20.4 Å². The van der Waals surface area contributed by atoms with Crippen LogP contribution in [0.4, 0.5) is 0 Å². The Labute approximate surface area is 153 Å². The first-order chi connectivity index (χ1) is 12.8. The molecular formula is C21H25N3O2. The van der Waals surface area contributed by atoms with E-state index in [4.69, 9.17) is 4.74 Å². The number of para-hydroxylation sites is 1. The number of carbonyl (C=O) groups excluding carboxylic acids is 1. The molecule has 0 saturated heterocycles. The summed E-state index contributed by atoms with van der Waals surface area (Å²) < 4.78 is 5.14. The van der Waals surface area contributed by atoms with Crippen molar-refractivity contribution in [2.75, 3.05) is 26.7 Å². The van der Waals surface area contributed by atoms with Crippen LogP contribution < -0.4 is 15.4 Å². The molecule has 1 aromatic heterocycles. The Balaban J connectivity index is 1.32. The maximum Gasteiger partial charge on any atom is 0.233 e. The third-order valence-electron chi connectivity index (χ3n) is 4.43. The largest absolute Gasteiger partial charge is 0.497 e. The summed E-state index contributed by atoms with van der Waals surface area (Å²) in [7, 11) is 1.65. The molecule has 5 heteroatoms. The van der Waals surface area contributed by atoms with Crippen LogP contribution in [0, 0.1) is 0 Å². The maximum absolute atomic E-state index is 11.9. The summed E-state index contributed by atoms with van der Waals surface area (Å²) in [5, 5.41) is 7.40. The van der Waals surface area contributed by atoms with Crippen LogP contribution >= 0.6 is 0 Å². The van der Waals surface area contributed by atoms with Gasteiger partial charge in [-0.15, -0.1) is 0 Å². The molecular weight excluding hydrogens is 326 g/mol. The van der Waals surface area contributed by atoms with Gasteiger partial charge in [-0.3, -0.25) is 4.79 Å². The van der Waals surface area contributed by atoms with Gasteiger partial charge in [-0.1, -0.05) is 30.3 Å². The molecule has 1 heterocycles. The van der Waals surface area contributed by atoms with Crippen LogP contribution in [0.3, 0.4) is 0 Å². The summed E-state index contributed by atoms with van der Waals surface area (Å²) in [5.74, 6) is 0.870. The predicted octanol–water partition coefficient (Wildman–Crippen LogP) is 2.67. The highest BCUT2D eigenvalue weighted by Crippen LogP contribution is 2.17. The number of hydrogen-bond donors (Lipinski definition) is 3. The average molecular weight is 351 g/mol. The van der Waals surface area contributed by atoms with Crippen LogP contribution in [0.2, 0.25) is 0 Å². The third-order valence-corrected chi connectivity index (χ3v) is 4.43. The van der Waals surface area contributed by atoms with Crippen molar-refractivity contribution < 1.29 is 9.53 Å². The maximum atomic E-state index is 11.9. The van der Waals surface area contributed by atoms with Crippen molar-refractivity contribution in [2.45, 2.75) is 12.8 Å². The summed E-state index contributed by atoms with van der Waals surface area (Å²) in [4.78, 5) is 15.2. The first-order valence-corrected chi connectivity index (χ1v) is 8.91. The Kier molecular flexibility index (Phi) is 6.28. The van der Waals surface area contributed by atoms with E-state index in [2.05, 4.69) is 27.8 Å². The molecule has 5 nitrogen and oxygen atoms in total. The van der Waals surface area contributed by atoms with E-state index in [9.17, 15) is 4.79 Å². The fourth-order valence-corrected chi connectivity index (χ4v) is 2.96. The molecule has 0 bridgehead atoms. The fraction of sp³-hybridized carbons (Fsp3) is 0.286. The van der Waals surface area contributed by atoms with Crippen LogP contribution in [0.15, 0.2) is 54.7 Å². The molecule has 3 aromatic rings. The number of aromatic amines is 1. The van der Waals surface area contributed by atoms with Crippen molar-refractivity contribution in [1.29, 1.82) is 0 Å². The number of amides is 1. The van der Waals surface area contributed by atoms with Crippen LogP contribution in [0.1, 0.15) is 11.1 Å². The number of ether oxygens (including phenoxy) is 1. The van der Waals surface area contributed by atoms with Gasteiger partial charge in [0.05, 0.1) is 13.7 Å². The second-order valence-corrected chi connectivity index (χ2v) is 6.23. The lowest BCUT2D eigenvalue weighted by Gasteiger charge is -2.07. The molecule has 0 aliphatic carbocycles. The van der Waals surface area contributed by atoms with E-state index in [1.807, 2.05) is 42.6 Å². The number of fused-ring (bicyclic) bond motifs is 1. The summed E-state index contributed by atoms with van der Waals surface area (Å²) in [6.07, 6.45) is 3.75. The second-order valence-electron chi connectivity index (χ2n) is 6.23. The Bertz CT molecular complexity index is 840. The van der Waals surface area contributed by atoms with Crippen molar-refractivity contribution >= 4 is 16.8 Å². The number of benzene rings is 2. The average Bonchev–Trinajstić information content (AvgIpc) is 3.09. The van der Waals surface area contributed by atoms with Gasteiger partial charge in [0.1, 0.15) is 5.75 Å². The zero-order valence-electron chi connectivity index (χ0n) is 15.0. The minimum Gasteiger partial charge on any atom is -0.497 e. The van der Waals surface area contributed by atoms with E-state index in [0.29, 0.717) is 13.1 Å². The molecule has 0 aliphatic heterocycles. The number of nitrogens with one attached hydrogen (secondary N) is 3. The van der Waals surface area contributed by atoms with Gasteiger partial charge in [-0.2, -0.15) is 0 Å². The smallest absolute Gasteiger partial charge is 0.233 e. The third kappa shape index (κ3) is 4.86. The molecule has 26 heavy (non-hydrogen) atoms. The summed E-state index contributed by atoms with van der Waals surface area (Å²) in [6, 6.07) is 16.2. The standard InChI is InChI=1S/C21H25N3O2/c1-26-18-8-6-16(7-9-18)10-13-23-21(25)15-22-12-11-17-14-24-20-5-3-2-4-19(17)20/h2-9,14,22,24H,10-13,15H2,1H3,(H,23,25). The molecule has 0 radical (unpaired) electrons. The molecule has 0 spiro atoms. The Morgan fingerprint density at radius 3 is 2.65 bits per heavy atom. The highest BCUT2D eigenvalue weighted by molar-refractivity contribution is 5.83.